The molecule has 120 valence electrons. The fourth-order valence-corrected chi connectivity index (χ4v) is 3.54. The van der Waals surface area contributed by atoms with Crippen LogP contribution in [0.2, 0.25) is 0 Å². The lowest BCUT2D eigenvalue weighted by atomic mass is 9.83. The number of ether oxygens (including phenoxy) is 1. The molecule has 5 nitrogen and oxygen atoms in total. The normalized spacial score (nSPS) is 28.5. The van der Waals surface area contributed by atoms with Crippen LogP contribution < -0.4 is 15.5 Å². The van der Waals surface area contributed by atoms with Crippen molar-refractivity contribution >= 4 is 17.3 Å². The van der Waals surface area contributed by atoms with E-state index in [-0.39, 0.29) is 23.9 Å². The van der Waals surface area contributed by atoms with Crippen LogP contribution in [0.5, 0.6) is 0 Å². The van der Waals surface area contributed by atoms with E-state index in [1.165, 1.54) is 5.69 Å². The van der Waals surface area contributed by atoms with Gasteiger partial charge >= 0.3 is 0 Å². The zero-order valence-corrected chi connectivity index (χ0v) is 13.6. The molecule has 1 saturated heterocycles. The molecule has 0 bridgehead atoms. The van der Waals surface area contributed by atoms with Crippen LogP contribution in [0.4, 0.5) is 11.4 Å². The van der Waals surface area contributed by atoms with Gasteiger partial charge in [-0.05, 0) is 36.6 Å². The van der Waals surface area contributed by atoms with Gasteiger partial charge in [-0.15, -0.1) is 0 Å². The highest BCUT2D eigenvalue weighted by Gasteiger charge is 2.36. The lowest BCUT2D eigenvalue weighted by Gasteiger charge is -2.43. The number of carbonyl (C=O) groups excluding carboxylic acids is 1. The SMILES string of the molecule is CC(=O)N1c2ccc(N3CCOCC3)cc2[C@H](N)C(C)[C@@H]1C. The van der Waals surface area contributed by atoms with Crippen molar-refractivity contribution in [1.29, 1.82) is 0 Å². The first-order valence-corrected chi connectivity index (χ1v) is 8.02. The first kappa shape index (κ1) is 15.3. The van der Waals surface area contributed by atoms with Gasteiger partial charge in [0.25, 0.3) is 0 Å². The van der Waals surface area contributed by atoms with Crippen LogP contribution in [-0.4, -0.2) is 38.3 Å². The molecular formula is C17H25N3O2. The third kappa shape index (κ3) is 2.48. The molecule has 1 amide bonds. The van der Waals surface area contributed by atoms with Crippen molar-refractivity contribution in [3.05, 3.63) is 23.8 Å². The average Bonchev–Trinajstić information content (AvgIpc) is 2.53. The molecular weight excluding hydrogens is 278 g/mol. The maximum Gasteiger partial charge on any atom is 0.224 e. The molecule has 3 atom stereocenters. The van der Waals surface area contributed by atoms with Crippen LogP contribution in [0.3, 0.4) is 0 Å². The summed E-state index contributed by atoms with van der Waals surface area (Å²) in [7, 11) is 0. The largest absolute Gasteiger partial charge is 0.378 e. The first-order valence-electron chi connectivity index (χ1n) is 8.02. The van der Waals surface area contributed by atoms with E-state index in [9.17, 15) is 4.79 Å². The quantitative estimate of drug-likeness (QED) is 0.861. The Morgan fingerprint density at radius 3 is 2.59 bits per heavy atom. The van der Waals surface area contributed by atoms with Gasteiger partial charge in [0.1, 0.15) is 0 Å². The number of fused-ring (bicyclic) bond motifs is 1. The highest BCUT2D eigenvalue weighted by Crippen LogP contribution is 2.41. The van der Waals surface area contributed by atoms with E-state index in [1.807, 2.05) is 11.0 Å². The van der Waals surface area contributed by atoms with E-state index >= 15 is 0 Å². The van der Waals surface area contributed by atoms with Gasteiger partial charge in [-0.3, -0.25) is 4.79 Å². The second-order valence-corrected chi connectivity index (χ2v) is 6.36. The van der Waals surface area contributed by atoms with E-state index in [4.69, 9.17) is 10.5 Å². The zero-order chi connectivity index (χ0) is 15.9. The molecule has 0 saturated carbocycles. The molecule has 5 heteroatoms. The van der Waals surface area contributed by atoms with Crippen molar-refractivity contribution in [2.45, 2.75) is 32.9 Å². The Kier molecular flexibility index (Phi) is 4.10. The number of nitrogens with zero attached hydrogens (tertiary/aromatic N) is 2. The summed E-state index contributed by atoms with van der Waals surface area (Å²) in [5, 5.41) is 0. The molecule has 2 aliphatic heterocycles. The van der Waals surface area contributed by atoms with E-state index < -0.39 is 0 Å². The molecule has 2 aliphatic rings. The topological polar surface area (TPSA) is 58.8 Å². The third-order valence-corrected chi connectivity index (χ3v) is 5.08. The van der Waals surface area contributed by atoms with Crippen molar-refractivity contribution in [3.8, 4) is 0 Å². The highest BCUT2D eigenvalue weighted by molar-refractivity contribution is 5.94. The van der Waals surface area contributed by atoms with Gasteiger partial charge in [-0.1, -0.05) is 6.92 Å². The minimum atomic E-state index is -0.0402. The molecule has 1 fully saturated rings. The van der Waals surface area contributed by atoms with E-state index in [2.05, 4.69) is 30.9 Å². The Morgan fingerprint density at radius 1 is 1.27 bits per heavy atom. The average molecular weight is 303 g/mol. The van der Waals surface area contributed by atoms with Crippen molar-refractivity contribution in [2.24, 2.45) is 11.7 Å². The minimum absolute atomic E-state index is 0.0402. The number of hydrogen-bond acceptors (Lipinski definition) is 4. The Hall–Kier alpha value is -1.59. The van der Waals surface area contributed by atoms with Gasteiger partial charge in [0.15, 0.2) is 0 Å². The number of amides is 1. The van der Waals surface area contributed by atoms with E-state index in [1.54, 1.807) is 6.92 Å². The molecule has 0 aromatic heterocycles. The van der Waals surface area contributed by atoms with Gasteiger partial charge in [0, 0.05) is 43.5 Å². The van der Waals surface area contributed by atoms with Crippen LogP contribution in [-0.2, 0) is 9.53 Å². The van der Waals surface area contributed by atoms with Crippen molar-refractivity contribution < 1.29 is 9.53 Å². The highest BCUT2D eigenvalue weighted by atomic mass is 16.5. The van der Waals surface area contributed by atoms with Crippen LogP contribution >= 0.6 is 0 Å². The van der Waals surface area contributed by atoms with Crippen molar-refractivity contribution in [2.75, 3.05) is 36.1 Å². The number of benzene rings is 1. The lowest BCUT2D eigenvalue weighted by molar-refractivity contribution is -0.117. The van der Waals surface area contributed by atoms with Gasteiger partial charge in [-0.2, -0.15) is 0 Å². The monoisotopic (exact) mass is 303 g/mol. The summed E-state index contributed by atoms with van der Waals surface area (Å²) in [6, 6.07) is 6.37. The molecule has 1 unspecified atom stereocenters. The van der Waals surface area contributed by atoms with Crippen molar-refractivity contribution in [1.82, 2.24) is 0 Å². The summed E-state index contributed by atoms with van der Waals surface area (Å²) >= 11 is 0. The van der Waals surface area contributed by atoms with Gasteiger partial charge in [-0.25, -0.2) is 0 Å². The summed E-state index contributed by atoms with van der Waals surface area (Å²) in [5.74, 6) is 0.308. The Bertz CT molecular complexity index is 569. The van der Waals surface area contributed by atoms with Gasteiger partial charge in [0.2, 0.25) is 5.91 Å². The minimum Gasteiger partial charge on any atom is -0.378 e. The summed E-state index contributed by atoms with van der Waals surface area (Å²) in [6.45, 7) is 9.14. The molecule has 1 aromatic carbocycles. The molecule has 1 aromatic rings. The Morgan fingerprint density at radius 2 is 1.95 bits per heavy atom. The summed E-state index contributed by atoms with van der Waals surface area (Å²) in [6.07, 6.45) is 0. The predicted octanol–water partition coefficient (Wildman–Crippen LogP) is 1.91. The number of carbonyl (C=O) groups is 1. The molecule has 2 heterocycles. The Labute approximate surface area is 132 Å². The Balaban J connectivity index is 2.01. The summed E-state index contributed by atoms with van der Waals surface area (Å²) in [5.41, 5.74) is 9.66. The second kappa shape index (κ2) is 5.89. The predicted molar refractivity (Wildman–Crippen MR) is 88.2 cm³/mol. The maximum absolute atomic E-state index is 12.1. The second-order valence-electron chi connectivity index (χ2n) is 6.36. The zero-order valence-electron chi connectivity index (χ0n) is 13.6. The lowest BCUT2D eigenvalue weighted by Crippen LogP contribution is -2.48. The van der Waals surface area contributed by atoms with Gasteiger partial charge < -0.3 is 20.3 Å². The number of hydrogen-bond donors (Lipinski definition) is 1. The number of nitrogens with two attached hydrogens (primary N) is 1. The summed E-state index contributed by atoms with van der Waals surface area (Å²) in [4.78, 5) is 16.3. The number of rotatable bonds is 1. The van der Waals surface area contributed by atoms with Crippen LogP contribution in [0.15, 0.2) is 18.2 Å². The maximum atomic E-state index is 12.1. The van der Waals surface area contributed by atoms with Crippen LogP contribution in [0, 0.1) is 5.92 Å². The molecule has 3 rings (SSSR count). The third-order valence-electron chi connectivity index (χ3n) is 5.08. The standard InChI is InChI=1S/C17H25N3O2/c1-11-12(2)20(13(3)21)16-5-4-14(10-15(16)17(11)18)19-6-8-22-9-7-19/h4-5,10-12,17H,6-9,18H2,1-3H3/t11?,12-,17+/m0/s1. The first-order chi connectivity index (χ1) is 10.5. The van der Waals surface area contributed by atoms with Crippen LogP contribution in [0.1, 0.15) is 32.4 Å². The fourth-order valence-electron chi connectivity index (χ4n) is 3.54. The van der Waals surface area contributed by atoms with E-state index in [0.717, 1.165) is 37.6 Å². The summed E-state index contributed by atoms with van der Waals surface area (Å²) < 4.78 is 5.42. The fraction of sp³-hybridized carbons (Fsp3) is 0.588. The molecule has 0 spiro atoms. The van der Waals surface area contributed by atoms with Crippen LogP contribution in [0.25, 0.3) is 0 Å². The van der Waals surface area contributed by atoms with E-state index in [0.29, 0.717) is 0 Å². The molecule has 0 radical (unpaired) electrons. The number of morpholine rings is 1. The number of anilines is 2. The van der Waals surface area contributed by atoms with Crippen molar-refractivity contribution in [3.63, 3.8) is 0 Å². The van der Waals surface area contributed by atoms with Gasteiger partial charge in [0.05, 0.1) is 13.2 Å². The smallest absolute Gasteiger partial charge is 0.224 e. The molecule has 2 N–H and O–H groups in total. The molecule has 0 aliphatic carbocycles. The molecule has 22 heavy (non-hydrogen) atoms.